The Morgan fingerprint density at radius 1 is 1.30 bits per heavy atom. The monoisotopic (exact) mass is 264 g/mol. The highest BCUT2D eigenvalue weighted by molar-refractivity contribution is 5.83. The van der Waals surface area contributed by atoms with Gasteiger partial charge in [-0.05, 0) is 41.2 Å². The SMILES string of the molecule is COc1ccc2c(c1)C1(C#N)C(C=C2C#N)CC1(C)C. The van der Waals surface area contributed by atoms with E-state index in [2.05, 4.69) is 26.0 Å². The molecule has 1 saturated carbocycles. The van der Waals surface area contributed by atoms with E-state index in [0.717, 1.165) is 23.3 Å². The van der Waals surface area contributed by atoms with Crippen molar-refractivity contribution in [3.05, 3.63) is 35.4 Å². The van der Waals surface area contributed by atoms with Crippen molar-refractivity contribution in [2.45, 2.75) is 25.7 Å². The van der Waals surface area contributed by atoms with Crippen molar-refractivity contribution in [2.24, 2.45) is 11.3 Å². The summed E-state index contributed by atoms with van der Waals surface area (Å²) in [4.78, 5) is 0. The Hall–Kier alpha value is -2.26. The lowest BCUT2D eigenvalue weighted by molar-refractivity contribution is 0.0191. The summed E-state index contributed by atoms with van der Waals surface area (Å²) in [6.07, 6.45) is 2.91. The Labute approximate surface area is 119 Å². The van der Waals surface area contributed by atoms with Crippen LogP contribution in [0.4, 0.5) is 0 Å². The van der Waals surface area contributed by atoms with Gasteiger partial charge in [-0.3, -0.25) is 0 Å². The molecule has 3 nitrogen and oxygen atoms in total. The maximum absolute atomic E-state index is 9.87. The van der Waals surface area contributed by atoms with Crippen LogP contribution in [0.2, 0.25) is 0 Å². The molecule has 3 rings (SSSR count). The number of rotatable bonds is 1. The van der Waals surface area contributed by atoms with Gasteiger partial charge in [-0.15, -0.1) is 0 Å². The first-order chi connectivity index (χ1) is 9.50. The zero-order valence-corrected chi connectivity index (χ0v) is 11.9. The highest BCUT2D eigenvalue weighted by Gasteiger charge is 2.63. The van der Waals surface area contributed by atoms with Crippen LogP contribution < -0.4 is 4.74 Å². The number of hydrogen-bond acceptors (Lipinski definition) is 3. The molecule has 2 aliphatic rings. The van der Waals surface area contributed by atoms with Crippen molar-refractivity contribution < 1.29 is 4.74 Å². The summed E-state index contributed by atoms with van der Waals surface area (Å²) >= 11 is 0. The standard InChI is InChI=1S/C17H16N2O/c1-16(2)8-12-6-11(9-18)14-5-4-13(20-3)7-15(14)17(12,16)10-19/h4-7,12H,8H2,1-3H3. The number of hydrogen-bond donors (Lipinski definition) is 0. The third-order valence-corrected chi connectivity index (χ3v) is 4.96. The Kier molecular flexibility index (Phi) is 2.47. The van der Waals surface area contributed by atoms with Gasteiger partial charge in [0.05, 0.1) is 30.2 Å². The highest BCUT2D eigenvalue weighted by atomic mass is 16.5. The van der Waals surface area contributed by atoms with E-state index in [1.54, 1.807) is 7.11 Å². The third-order valence-electron chi connectivity index (χ3n) is 4.96. The summed E-state index contributed by atoms with van der Waals surface area (Å²) in [7, 11) is 1.62. The van der Waals surface area contributed by atoms with Crippen molar-refractivity contribution in [2.75, 3.05) is 7.11 Å². The number of ether oxygens (including phenoxy) is 1. The van der Waals surface area contributed by atoms with Gasteiger partial charge in [0.25, 0.3) is 0 Å². The fraction of sp³-hybridized carbons (Fsp3) is 0.412. The molecule has 0 saturated heterocycles. The first-order valence-corrected chi connectivity index (χ1v) is 6.72. The summed E-state index contributed by atoms with van der Waals surface area (Å²) in [6.45, 7) is 4.25. The lowest BCUT2D eigenvalue weighted by Gasteiger charge is -2.59. The van der Waals surface area contributed by atoms with Gasteiger partial charge in [0, 0.05) is 5.92 Å². The molecular formula is C17H16N2O. The lowest BCUT2D eigenvalue weighted by atomic mass is 9.41. The Balaban J connectivity index is 2.32. The van der Waals surface area contributed by atoms with Gasteiger partial charge < -0.3 is 4.74 Å². The highest BCUT2D eigenvalue weighted by Crippen LogP contribution is 2.65. The van der Waals surface area contributed by atoms with Crippen LogP contribution in [0.3, 0.4) is 0 Å². The van der Waals surface area contributed by atoms with E-state index in [9.17, 15) is 10.5 Å². The van der Waals surface area contributed by atoms with Crippen LogP contribution in [0.25, 0.3) is 5.57 Å². The van der Waals surface area contributed by atoms with E-state index in [0.29, 0.717) is 5.57 Å². The van der Waals surface area contributed by atoms with Crippen LogP contribution in [-0.2, 0) is 5.41 Å². The predicted molar refractivity (Wildman–Crippen MR) is 75.8 cm³/mol. The van der Waals surface area contributed by atoms with Crippen LogP contribution in [0.15, 0.2) is 24.3 Å². The average Bonchev–Trinajstić information content (AvgIpc) is 2.44. The molecule has 0 heterocycles. The molecule has 0 N–H and O–H groups in total. The normalized spacial score (nSPS) is 28.9. The Morgan fingerprint density at radius 2 is 2.05 bits per heavy atom. The van der Waals surface area contributed by atoms with Gasteiger partial charge in [-0.2, -0.15) is 10.5 Å². The molecule has 1 aromatic carbocycles. The molecule has 0 bridgehead atoms. The fourth-order valence-electron chi connectivity index (χ4n) is 3.88. The first-order valence-electron chi connectivity index (χ1n) is 6.72. The number of methoxy groups -OCH3 is 1. The molecule has 0 spiro atoms. The second kappa shape index (κ2) is 3.87. The molecule has 0 aromatic heterocycles. The van der Waals surface area contributed by atoms with Gasteiger partial charge >= 0.3 is 0 Å². The minimum absolute atomic E-state index is 0.0922. The quantitative estimate of drug-likeness (QED) is 0.780. The van der Waals surface area contributed by atoms with E-state index in [-0.39, 0.29) is 11.3 Å². The summed E-state index contributed by atoms with van der Waals surface area (Å²) < 4.78 is 5.30. The maximum Gasteiger partial charge on any atom is 0.119 e. The Bertz CT molecular complexity index is 703. The molecule has 0 aliphatic heterocycles. The molecule has 1 aromatic rings. The molecule has 20 heavy (non-hydrogen) atoms. The van der Waals surface area contributed by atoms with E-state index < -0.39 is 5.41 Å². The molecule has 2 aliphatic carbocycles. The van der Waals surface area contributed by atoms with Crippen molar-refractivity contribution in [3.8, 4) is 17.9 Å². The average molecular weight is 264 g/mol. The van der Waals surface area contributed by atoms with Gasteiger partial charge in [0.15, 0.2) is 0 Å². The minimum atomic E-state index is -0.544. The van der Waals surface area contributed by atoms with Gasteiger partial charge in [-0.1, -0.05) is 19.9 Å². The first kappa shape index (κ1) is 12.8. The number of nitriles is 2. The van der Waals surface area contributed by atoms with Crippen molar-refractivity contribution in [1.29, 1.82) is 10.5 Å². The van der Waals surface area contributed by atoms with E-state index >= 15 is 0 Å². The van der Waals surface area contributed by atoms with Crippen LogP contribution in [0, 0.1) is 34.0 Å². The zero-order valence-electron chi connectivity index (χ0n) is 11.9. The zero-order chi connectivity index (χ0) is 14.5. The van der Waals surface area contributed by atoms with E-state index in [4.69, 9.17) is 4.74 Å². The second-order valence-electron chi connectivity index (χ2n) is 6.22. The smallest absolute Gasteiger partial charge is 0.119 e. The lowest BCUT2D eigenvalue weighted by Crippen LogP contribution is -2.58. The van der Waals surface area contributed by atoms with Crippen molar-refractivity contribution in [3.63, 3.8) is 0 Å². The predicted octanol–water partition coefficient (Wildman–Crippen LogP) is 3.42. The number of fused-ring (bicyclic) bond motifs is 3. The largest absolute Gasteiger partial charge is 0.497 e. The summed E-state index contributed by atoms with van der Waals surface area (Å²) in [6, 6.07) is 10.5. The molecule has 0 radical (unpaired) electrons. The third kappa shape index (κ3) is 1.28. The number of allylic oxidation sites excluding steroid dienone is 2. The van der Waals surface area contributed by atoms with Gasteiger partial charge in [-0.25, -0.2) is 0 Å². The van der Waals surface area contributed by atoms with Crippen LogP contribution in [0.1, 0.15) is 31.4 Å². The molecule has 100 valence electrons. The van der Waals surface area contributed by atoms with Gasteiger partial charge in [0.1, 0.15) is 5.75 Å². The van der Waals surface area contributed by atoms with Crippen LogP contribution in [0.5, 0.6) is 5.75 Å². The van der Waals surface area contributed by atoms with Crippen LogP contribution in [-0.4, -0.2) is 7.11 Å². The molecule has 3 heteroatoms. The number of nitrogens with zero attached hydrogens (tertiary/aromatic N) is 2. The fourth-order valence-corrected chi connectivity index (χ4v) is 3.88. The molecular weight excluding hydrogens is 248 g/mol. The minimum Gasteiger partial charge on any atom is -0.497 e. The summed E-state index contributed by atoms with van der Waals surface area (Å²) in [5.41, 5.74) is 1.86. The van der Waals surface area contributed by atoms with Crippen LogP contribution >= 0.6 is 0 Å². The molecule has 2 unspecified atom stereocenters. The maximum atomic E-state index is 9.87. The number of benzene rings is 1. The van der Waals surface area contributed by atoms with E-state index in [1.165, 1.54) is 0 Å². The molecule has 0 amide bonds. The summed E-state index contributed by atoms with van der Waals surface area (Å²) in [5.74, 6) is 0.857. The van der Waals surface area contributed by atoms with Crippen molar-refractivity contribution in [1.82, 2.24) is 0 Å². The van der Waals surface area contributed by atoms with E-state index in [1.807, 2.05) is 24.3 Å². The molecule has 1 fully saturated rings. The Morgan fingerprint density at radius 3 is 2.60 bits per heavy atom. The second-order valence-corrected chi connectivity index (χ2v) is 6.22. The van der Waals surface area contributed by atoms with Gasteiger partial charge in [0.2, 0.25) is 0 Å². The topological polar surface area (TPSA) is 56.8 Å². The molecule has 2 atom stereocenters. The van der Waals surface area contributed by atoms with Crippen molar-refractivity contribution >= 4 is 5.57 Å². The summed E-state index contributed by atoms with van der Waals surface area (Å²) in [5, 5.41) is 19.2.